The van der Waals surface area contributed by atoms with Crippen LogP contribution >= 0.6 is 0 Å². The quantitative estimate of drug-likeness (QED) is 0.846. The molecule has 1 unspecified atom stereocenters. The Balaban J connectivity index is 1.50. The Kier molecular flexibility index (Phi) is 4.28. The number of ether oxygens (including phenoxy) is 2. The zero-order valence-electron chi connectivity index (χ0n) is 13.2. The van der Waals surface area contributed by atoms with Crippen LogP contribution in [0.2, 0.25) is 0 Å². The van der Waals surface area contributed by atoms with Gasteiger partial charge >= 0.3 is 0 Å². The maximum atomic E-state index is 5.94. The van der Waals surface area contributed by atoms with Gasteiger partial charge in [-0.25, -0.2) is 0 Å². The van der Waals surface area contributed by atoms with Gasteiger partial charge in [0.25, 0.3) is 0 Å². The van der Waals surface area contributed by atoms with Crippen molar-refractivity contribution in [2.45, 2.75) is 58.5 Å². The van der Waals surface area contributed by atoms with Gasteiger partial charge in [0, 0.05) is 32.4 Å². The van der Waals surface area contributed by atoms with E-state index in [1.165, 1.54) is 0 Å². The standard InChI is InChI=1S/C15H25N3O3/c1-11(2)8-13-16-14(21-17-13)9-18-6-4-15(5-7-18)19-10-12(3)20-15/h11-12H,4-10H2,1-3H3. The Bertz CT molecular complexity index is 466. The van der Waals surface area contributed by atoms with Crippen LogP contribution < -0.4 is 0 Å². The summed E-state index contributed by atoms with van der Waals surface area (Å²) in [5, 5.41) is 4.04. The second kappa shape index (κ2) is 6.02. The number of aromatic nitrogens is 2. The van der Waals surface area contributed by atoms with Crippen molar-refractivity contribution in [3.63, 3.8) is 0 Å². The first kappa shape index (κ1) is 14.9. The Hall–Kier alpha value is -0.980. The molecule has 21 heavy (non-hydrogen) atoms. The Labute approximate surface area is 125 Å². The normalized spacial score (nSPS) is 26.0. The minimum Gasteiger partial charge on any atom is -0.347 e. The lowest BCUT2D eigenvalue weighted by Crippen LogP contribution is -2.45. The highest BCUT2D eigenvalue weighted by Crippen LogP contribution is 2.34. The van der Waals surface area contributed by atoms with Gasteiger partial charge < -0.3 is 14.0 Å². The molecule has 6 heteroatoms. The molecule has 1 spiro atoms. The van der Waals surface area contributed by atoms with E-state index >= 15 is 0 Å². The average molecular weight is 295 g/mol. The lowest BCUT2D eigenvalue weighted by molar-refractivity contribution is -0.194. The van der Waals surface area contributed by atoms with Crippen molar-refractivity contribution in [3.8, 4) is 0 Å². The highest BCUT2D eigenvalue weighted by Gasteiger charge is 2.42. The summed E-state index contributed by atoms with van der Waals surface area (Å²) in [7, 11) is 0. The van der Waals surface area contributed by atoms with Crippen molar-refractivity contribution in [1.82, 2.24) is 15.0 Å². The molecule has 0 aliphatic carbocycles. The number of likely N-dealkylation sites (tertiary alicyclic amines) is 1. The Morgan fingerprint density at radius 2 is 2.10 bits per heavy atom. The number of hydrogen-bond acceptors (Lipinski definition) is 6. The van der Waals surface area contributed by atoms with Gasteiger partial charge in [-0.3, -0.25) is 4.90 Å². The summed E-state index contributed by atoms with van der Waals surface area (Å²) in [4.78, 5) is 6.79. The monoisotopic (exact) mass is 295 g/mol. The second-order valence-electron chi connectivity index (χ2n) is 6.63. The first-order valence-corrected chi connectivity index (χ1v) is 7.90. The summed E-state index contributed by atoms with van der Waals surface area (Å²) >= 11 is 0. The molecule has 0 amide bonds. The molecule has 6 nitrogen and oxygen atoms in total. The van der Waals surface area contributed by atoms with E-state index in [9.17, 15) is 0 Å². The third kappa shape index (κ3) is 3.62. The first-order valence-electron chi connectivity index (χ1n) is 7.90. The van der Waals surface area contributed by atoms with Crippen LogP contribution in [0.15, 0.2) is 4.52 Å². The van der Waals surface area contributed by atoms with Gasteiger partial charge in [0.2, 0.25) is 5.89 Å². The average Bonchev–Trinajstić information content (AvgIpc) is 3.00. The third-order valence-corrected chi connectivity index (χ3v) is 4.07. The van der Waals surface area contributed by atoms with Crippen molar-refractivity contribution >= 4 is 0 Å². The molecule has 0 bridgehead atoms. The molecular formula is C15H25N3O3. The van der Waals surface area contributed by atoms with Crippen LogP contribution in [0.25, 0.3) is 0 Å². The first-order chi connectivity index (χ1) is 10.0. The predicted octanol–water partition coefficient (Wildman–Crippen LogP) is 2.00. The number of nitrogens with zero attached hydrogens (tertiary/aromatic N) is 3. The van der Waals surface area contributed by atoms with Gasteiger partial charge in [0.05, 0.1) is 19.3 Å². The summed E-state index contributed by atoms with van der Waals surface area (Å²) < 4.78 is 17.1. The molecule has 2 saturated heterocycles. The van der Waals surface area contributed by atoms with Gasteiger partial charge in [-0.1, -0.05) is 19.0 Å². The second-order valence-corrected chi connectivity index (χ2v) is 6.63. The molecule has 0 N–H and O–H groups in total. The lowest BCUT2D eigenvalue weighted by atomic mass is 10.0. The van der Waals surface area contributed by atoms with Crippen molar-refractivity contribution in [2.75, 3.05) is 19.7 Å². The molecule has 2 fully saturated rings. The minimum absolute atomic E-state index is 0.214. The van der Waals surface area contributed by atoms with Crippen molar-refractivity contribution < 1.29 is 14.0 Å². The fourth-order valence-corrected chi connectivity index (χ4v) is 3.01. The smallest absolute Gasteiger partial charge is 0.240 e. The van der Waals surface area contributed by atoms with Crippen molar-refractivity contribution in [2.24, 2.45) is 5.92 Å². The fraction of sp³-hybridized carbons (Fsp3) is 0.867. The number of piperidine rings is 1. The molecule has 2 aliphatic heterocycles. The van der Waals surface area contributed by atoms with E-state index in [1.807, 2.05) is 0 Å². The molecular weight excluding hydrogens is 270 g/mol. The maximum absolute atomic E-state index is 5.94. The van der Waals surface area contributed by atoms with E-state index < -0.39 is 0 Å². The van der Waals surface area contributed by atoms with E-state index in [0.717, 1.165) is 44.7 Å². The van der Waals surface area contributed by atoms with Crippen LogP contribution in [0.4, 0.5) is 0 Å². The summed E-state index contributed by atoms with van der Waals surface area (Å²) in [6.45, 7) is 9.68. The molecule has 0 aromatic carbocycles. The zero-order valence-corrected chi connectivity index (χ0v) is 13.2. The third-order valence-electron chi connectivity index (χ3n) is 4.07. The number of rotatable bonds is 4. The van der Waals surface area contributed by atoms with E-state index in [1.54, 1.807) is 0 Å². The summed E-state index contributed by atoms with van der Waals surface area (Å²) in [5.74, 6) is 1.73. The van der Waals surface area contributed by atoms with Crippen molar-refractivity contribution in [3.05, 3.63) is 11.7 Å². The van der Waals surface area contributed by atoms with Gasteiger partial charge in [-0.05, 0) is 12.8 Å². The van der Waals surface area contributed by atoms with E-state index in [-0.39, 0.29) is 11.9 Å². The Morgan fingerprint density at radius 3 is 2.71 bits per heavy atom. The van der Waals surface area contributed by atoms with Gasteiger partial charge in [-0.2, -0.15) is 4.98 Å². The topological polar surface area (TPSA) is 60.6 Å². The predicted molar refractivity (Wildman–Crippen MR) is 76.6 cm³/mol. The minimum atomic E-state index is -0.340. The van der Waals surface area contributed by atoms with Gasteiger partial charge in [0.1, 0.15) is 0 Å². The molecule has 3 rings (SSSR count). The molecule has 1 aromatic rings. The van der Waals surface area contributed by atoms with Gasteiger partial charge in [0.15, 0.2) is 11.6 Å². The molecule has 3 heterocycles. The van der Waals surface area contributed by atoms with Crippen LogP contribution in [0.5, 0.6) is 0 Å². The fourth-order valence-electron chi connectivity index (χ4n) is 3.01. The molecule has 1 aromatic heterocycles. The number of hydrogen-bond donors (Lipinski definition) is 0. The SMILES string of the molecule is CC(C)Cc1noc(CN2CCC3(CC2)OCC(C)O3)n1. The molecule has 0 radical (unpaired) electrons. The van der Waals surface area contributed by atoms with Crippen LogP contribution in [-0.4, -0.2) is 46.6 Å². The largest absolute Gasteiger partial charge is 0.347 e. The van der Waals surface area contributed by atoms with Gasteiger partial charge in [-0.15, -0.1) is 0 Å². The highest BCUT2D eigenvalue weighted by molar-refractivity contribution is 4.90. The van der Waals surface area contributed by atoms with E-state index in [0.29, 0.717) is 18.4 Å². The summed E-state index contributed by atoms with van der Waals surface area (Å²) in [6, 6.07) is 0. The van der Waals surface area contributed by atoms with Crippen LogP contribution in [-0.2, 0) is 22.4 Å². The molecule has 118 valence electrons. The summed E-state index contributed by atoms with van der Waals surface area (Å²) in [6.07, 6.45) is 2.90. The lowest BCUT2D eigenvalue weighted by Gasteiger charge is -2.37. The molecule has 0 saturated carbocycles. The maximum Gasteiger partial charge on any atom is 0.240 e. The van der Waals surface area contributed by atoms with E-state index in [4.69, 9.17) is 14.0 Å². The van der Waals surface area contributed by atoms with Crippen LogP contribution in [0.3, 0.4) is 0 Å². The van der Waals surface area contributed by atoms with Crippen LogP contribution in [0.1, 0.15) is 45.3 Å². The Morgan fingerprint density at radius 1 is 1.33 bits per heavy atom. The zero-order chi connectivity index (χ0) is 14.9. The molecule has 1 atom stereocenters. The summed E-state index contributed by atoms with van der Waals surface area (Å²) in [5.41, 5.74) is 0. The van der Waals surface area contributed by atoms with Crippen LogP contribution in [0, 0.1) is 5.92 Å². The van der Waals surface area contributed by atoms with Crippen molar-refractivity contribution in [1.29, 1.82) is 0 Å². The van der Waals surface area contributed by atoms with E-state index in [2.05, 4.69) is 35.8 Å². The molecule has 2 aliphatic rings. The highest BCUT2D eigenvalue weighted by atomic mass is 16.7.